The van der Waals surface area contributed by atoms with Crippen LogP contribution in [-0.2, 0) is 4.84 Å². The van der Waals surface area contributed by atoms with Crippen molar-refractivity contribution in [3.05, 3.63) is 71.8 Å². The molecule has 1 N–H and O–H groups in total. The van der Waals surface area contributed by atoms with Crippen molar-refractivity contribution in [2.75, 3.05) is 0 Å². The fourth-order valence-electron chi connectivity index (χ4n) is 1.79. The molecule has 0 aliphatic rings. The molecule has 1 unspecified atom stereocenters. The average molecular weight is 310 g/mol. The Morgan fingerprint density at radius 1 is 0.957 bits per heavy atom. The molecule has 0 saturated heterocycles. The molecule has 1 atom stereocenters. The Hall–Kier alpha value is -2.95. The zero-order valence-corrected chi connectivity index (χ0v) is 13.0. The number of benzene rings is 2. The molecule has 2 aromatic rings. The fourth-order valence-corrected chi connectivity index (χ4v) is 1.79. The van der Waals surface area contributed by atoms with Crippen LogP contribution >= 0.6 is 0 Å². The second kappa shape index (κ2) is 7.89. The van der Waals surface area contributed by atoms with E-state index < -0.39 is 5.97 Å². The first-order chi connectivity index (χ1) is 11.1. The number of oxime groups is 1. The summed E-state index contributed by atoms with van der Waals surface area (Å²) in [5, 5.41) is 6.60. The maximum atomic E-state index is 12.0. The Morgan fingerprint density at radius 2 is 1.48 bits per heavy atom. The number of nitrogens with one attached hydrogen (secondary N) is 1. The zero-order chi connectivity index (χ0) is 16.7. The second-order valence-electron chi connectivity index (χ2n) is 5.04. The van der Waals surface area contributed by atoms with Crippen LogP contribution in [0.1, 0.15) is 34.6 Å². The molecule has 2 aromatic carbocycles. The van der Waals surface area contributed by atoms with Gasteiger partial charge in [-0.05, 0) is 38.1 Å². The molecule has 0 bridgehead atoms. The van der Waals surface area contributed by atoms with E-state index in [1.807, 2.05) is 12.1 Å². The highest BCUT2D eigenvalue weighted by atomic mass is 16.7. The molecular weight excluding hydrogens is 292 g/mol. The van der Waals surface area contributed by atoms with Crippen LogP contribution in [0.4, 0.5) is 0 Å². The molecule has 118 valence electrons. The van der Waals surface area contributed by atoms with Crippen LogP contribution in [0, 0.1) is 0 Å². The summed E-state index contributed by atoms with van der Waals surface area (Å²) in [5.41, 5.74) is 1.48. The van der Waals surface area contributed by atoms with Gasteiger partial charge in [-0.2, -0.15) is 0 Å². The number of carbonyl (C=O) groups is 2. The van der Waals surface area contributed by atoms with Gasteiger partial charge in [-0.15, -0.1) is 0 Å². The minimum atomic E-state index is -0.536. The highest BCUT2D eigenvalue weighted by molar-refractivity contribution is 5.98. The van der Waals surface area contributed by atoms with Crippen molar-refractivity contribution in [1.29, 1.82) is 0 Å². The maximum Gasteiger partial charge on any atom is 0.365 e. The minimum absolute atomic E-state index is 0.206. The predicted molar refractivity (Wildman–Crippen MR) is 88.3 cm³/mol. The number of hydrogen-bond donors (Lipinski definition) is 1. The van der Waals surface area contributed by atoms with Crippen molar-refractivity contribution in [3.63, 3.8) is 0 Å². The van der Waals surface area contributed by atoms with Gasteiger partial charge < -0.3 is 10.2 Å². The number of carbonyl (C=O) groups excluding carboxylic acids is 2. The van der Waals surface area contributed by atoms with Gasteiger partial charge >= 0.3 is 5.97 Å². The zero-order valence-electron chi connectivity index (χ0n) is 13.0. The van der Waals surface area contributed by atoms with Crippen molar-refractivity contribution in [1.82, 2.24) is 5.32 Å². The fraction of sp³-hybridized carbons (Fsp3) is 0.167. The molecule has 0 aliphatic heterocycles. The van der Waals surface area contributed by atoms with Crippen LogP contribution in [0.2, 0.25) is 0 Å². The van der Waals surface area contributed by atoms with Crippen LogP contribution in [-0.4, -0.2) is 23.6 Å². The standard InChI is InChI=1S/C18H18N2O3/c1-13(19-17(21)15-9-5-3-6-10-15)14(2)20-23-18(22)16-11-7-4-8-12-16/h3-13H,1-2H3,(H,19,21). The van der Waals surface area contributed by atoms with E-state index >= 15 is 0 Å². The van der Waals surface area contributed by atoms with Gasteiger partial charge in [0, 0.05) is 5.56 Å². The third kappa shape index (κ3) is 4.78. The minimum Gasteiger partial charge on any atom is -0.344 e. The lowest BCUT2D eigenvalue weighted by Crippen LogP contribution is -2.37. The number of rotatable bonds is 5. The normalized spacial score (nSPS) is 12.3. The third-order valence-corrected chi connectivity index (χ3v) is 3.29. The van der Waals surface area contributed by atoms with Gasteiger partial charge in [0.05, 0.1) is 17.3 Å². The van der Waals surface area contributed by atoms with Crippen LogP contribution in [0.15, 0.2) is 65.8 Å². The molecule has 0 fully saturated rings. The van der Waals surface area contributed by atoms with E-state index in [-0.39, 0.29) is 11.9 Å². The first-order valence-corrected chi connectivity index (χ1v) is 7.24. The topological polar surface area (TPSA) is 67.8 Å². The smallest absolute Gasteiger partial charge is 0.344 e. The van der Waals surface area contributed by atoms with Crippen LogP contribution in [0.25, 0.3) is 0 Å². The van der Waals surface area contributed by atoms with Crippen LogP contribution in [0.5, 0.6) is 0 Å². The Bertz CT molecular complexity index is 697. The molecule has 23 heavy (non-hydrogen) atoms. The molecule has 5 nitrogen and oxygen atoms in total. The van der Waals surface area contributed by atoms with Crippen LogP contribution < -0.4 is 5.32 Å². The second-order valence-corrected chi connectivity index (χ2v) is 5.04. The summed E-state index contributed by atoms with van der Waals surface area (Å²) >= 11 is 0. The van der Waals surface area contributed by atoms with E-state index in [0.29, 0.717) is 16.8 Å². The summed E-state index contributed by atoms with van der Waals surface area (Å²) in [7, 11) is 0. The van der Waals surface area contributed by atoms with Crippen molar-refractivity contribution in [3.8, 4) is 0 Å². The molecule has 2 rings (SSSR count). The molecule has 0 spiro atoms. The van der Waals surface area contributed by atoms with E-state index in [0.717, 1.165) is 0 Å². The number of nitrogens with zero attached hydrogens (tertiary/aromatic N) is 1. The lowest BCUT2D eigenvalue weighted by Gasteiger charge is -2.13. The number of amides is 1. The third-order valence-electron chi connectivity index (χ3n) is 3.29. The van der Waals surface area contributed by atoms with Gasteiger partial charge in [0.25, 0.3) is 5.91 Å². The molecule has 1 amide bonds. The van der Waals surface area contributed by atoms with E-state index in [2.05, 4.69) is 10.5 Å². The number of hydrogen-bond acceptors (Lipinski definition) is 4. The average Bonchev–Trinajstić information content (AvgIpc) is 2.60. The summed E-state index contributed by atoms with van der Waals surface area (Å²) in [4.78, 5) is 28.7. The van der Waals surface area contributed by atoms with Gasteiger partial charge in [0.1, 0.15) is 0 Å². The van der Waals surface area contributed by atoms with Gasteiger partial charge in [0.15, 0.2) is 0 Å². The van der Waals surface area contributed by atoms with Gasteiger partial charge in [0.2, 0.25) is 0 Å². The summed E-state index contributed by atoms with van der Waals surface area (Å²) in [6, 6.07) is 17.1. The SMILES string of the molecule is CC(=NOC(=O)c1ccccc1)C(C)NC(=O)c1ccccc1. The van der Waals surface area contributed by atoms with Crippen LogP contribution in [0.3, 0.4) is 0 Å². The van der Waals surface area contributed by atoms with Gasteiger partial charge in [-0.1, -0.05) is 41.6 Å². The first-order valence-electron chi connectivity index (χ1n) is 7.24. The van der Waals surface area contributed by atoms with E-state index in [4.69, 9.17) is 4.84 Å². The van der Waals surface area contributed by atoms with E-state index in [9.17, 15) is 9.59 Å². The lowest BCUT2D eigenvalue weighted by molar-refractivity contribution is 0.0514. The summed E-state index contributed by atoms with van der Waals surface area (Å²) in [5.74, 6) is -0.742. The molecule has 0 aliphatic carbocycles. The maximum absolute atomic E-state index is 12.0. The highest BCUT2D eigenvalue weighted by Gasteiger charge is 2.13. The van der Waals surface area contributed by atoms with Gasteiger partial charge in [-0.25, -0.2) is 4.79 Å². The van der Waals surface area contributed by atoms with Crippen molar-refractivity contribution in [2.24, 2.45) is 5.16 Å². The predicted octanol–water partition coefficient (Wildman–Crippen LogP) is 3.04. The molecular formula is C18H18N2O3. The summed E-state index contributed by atoms with van der Waals surface area (Å²) in [6.45, 7) is 3.46. The van der Waals surface area contributed by atoms with Gasteiger partial charge in [-0.3, -0.25) is 4.79 Å². The molecule has 0 aromatic heterocycles. The van der Waals surface area contributed by atoms with E-state index in [1.54, 1.807) is 62.4 Å². The lowest BCUT2D eigenvalue weighted by atomic mass is 10.1. The van der Waals surface area contributed by atoms with Crippen molar-refractivity contribution < 1.29 is 14.4 Å². The highest BCUT2D eigenvalue weighted by Crippen LogP contribution is 2.03. The largest absolute Gasteiger partial charge is 0.365 e. The quantitative estimate of drug-likeness (QED) is 0.524. The molecule has 0 heterocycles. The monoisotopic (exact) mass is 310 g/mol. The Labute approximate surface area is 135 Å². The van der Waals surface area contributed by atoms with E-state index in [1.165, 1.54) is 0 Å². The van der Waals surface area contributed by atoms with Crippen molar-refractivity contribution >= 4 is 17.6 Å². The summed E-state index contributed by atoms with van der Waals surface area (Å²) in [6.07, 6.45) is 0. The Kier molecular flexibility index (Phi) is 5.63. The molecule has 0 saturated carbocycles. The molecule has 0 radical (unpaired) electrons. The summed E-state index contributed by atoms with van der Waals surface area (Å²) < 4.78 is 0. The Morgan fingerprint density at radius 3 is 2.04 bits per heavy atom. The van der Waals surface area contributed by atoms with Crippen molar-refractivity contribution in [2.45, 2.75) is 19.9 Å². The first kappa shape index (κ1) is 16.4. The Balaban J connectivity index is 1.93. The molecule has 5 heteroatoms.